The number of aromatic nitrogens is 3. The number of ether oxygens (including phenoxy) is 1. The van der Waals surface area contributed by atoms with E-state index >= 15 is 0 Å². The molecule has 0 aliphatic carbocycles. The molecule has 0 saturated carbocycles. The molecule has 1 aromatic carbocycles. The Balaban J connectivity index is 1.17. The van der Waals surface area contributed by atoms with Crippen molar-refractivity contribution in [1.29, 1.82) is 5.26 Å². The summed E-state index contributed by atoms with van der Waals surface area (Å²) in [5.41, 5.74) is 0.676. The van der Waals surface area contributed by atoms with Gasteiger partial charge in [-0.15, -0.1) is 0 Å². The Kier molecular flexibility index (Phi) is 8.23. The van der Waals surface area contributed by atoms with E-state index in [0.29, 0.717) is 30.5 Å². The Bertz CT molecular complexity index is 1400. The lowest BCUT2D eigenvalue weighted by Crippen LogP contribution is -2.50. The van der Waals surface area contributed by atoms with Gasteiger partial charge in [0.25, 0.3) is 0 Å². The maximum Gasteiger partial charge on any atom is 0.419 e. The minimum Gasteiger partial charge on any atom is -0.493 e. The number of hydrogen-bond donors (Lipinski definition) is 0. The third-order valence-electron chi connectivity index (χ3n) is 7.56. The second kappa shape index (κ2) is 11.8. The fraction of sp³-hybridized carbons (Fsp3) is 0.500. The van der Waals surface area contributed by atoms with Crippen LogP contribution in [0, 0.1) is 11.3 Å². The van der Waals surface area contributed by atoms with Crippen molar-refractivity contribution in [3.8, 4) is 23.1 Å². The zero-order chi connectivity index (χ0) is 28.3. The van der Waals surface area contributed by atoms with E-state index in [2.05, 4.69) is 19.8 Å². The van der Waals surface area contributed by atoms with Gasteiger partial charge in [0.05, 0.1) is 36.3 Å². The van der Waals surface area contributed by atoms with Crippen LogP contribution in [0.3, 0.4) is 0 Å². The number of halogens is 3. The lowest BCUT2D eigenvalue weighted by Gasteiger charge is -2.35. The van der Waals surface area contributed by atoms with Gasteiger partial charge < -0.3 is 19.1 Å². The number of aryl methyl sites for hydroxylation is 1. The first-order valence-corrected chi connectivity index (χ1v) is 13.5. The van der Waals surface area contributed by atoms with Gasteiger partial charge in [0.15, 0.2) is 5.69 Å². The van der Waals surface area contributed by atoms with E-state index in [1.54, 1.807) is 17.7 Å². The molecule has 4 heterocycles. The Labute approximate surface area is 230 Å². The number of piperazine rings is 1. The van der Waals surface area contributed by atoms with Gasteiger partial charge in [-0.3, -0.25) is 9.69 Å². The van der Waals surface area contributed by atoms with E-state index in [4.69, 9.17) is 4.74 Å². The number of carbonyl (C=O) groups is 1. The molecule has 2 saturated heterocycles. The molecule has 0 radical (unpaired) electrons. The molecular weight excluding hydrogens is 523 g/mol. The van der Waals surface area contributed by atoms with Crippen LogP contribution in [0.5, 0.6) is 5.75 Å². The van der Waals surface area contributed by atoms with E-state index in [1.807, 2.05) is 11.0 Å². The van der Waals surface area contributed by atoms with Crippen molar-refractivity contribution in [2.45, 2.75) is 25.4 Å². The van der Waals surface area contributed by atoms with Gasteiger partial charge in [-0.25, -0.2) is 9.97 Å². The quantitative estimate of drug-likeness (QED) is 0.393. The predicted octanol–water partition coefficient (Wildman–Crippen LogP) is 3.53. The Morgan fingerprint density at radius 2 is 1.80 bits per heavy atom. The Morgan fingerprint density at radius 3 is 2.50 bits per heavy atom. The van der Waals surface area contributed by atoms with Crippen molar-refractivity contribution in [3.63, 3.8) is 0 Å². The van der Waals surface area contributed by atoms with Crippen molar-refractivity contribution in [1.82, 2.24) is 29.2 Å². The molecule has 0 atom stereocenters. The Hall–Kier alpha value is -3.69. The van der Waals surface area contributed by atoms with Crippen LogP contribution in [0.4, 0.5) is 13.2 Å². The summed E-state index contributed by atoms with van der Waals surface area (Å²) in [6.45, 7) is 6.25. The highest BCUT2D eigenvalue weighted by Crippen LogP contribution is 2.39. The molecule has 40 heavy (non-hydrogen) atoms. The zero-order valence-corrected chi connectivity index (χ0v) is 22.5. The third-order valence-corrected chi connectivity index (χ3v) is 7.56. The van der Waals surface area contributed by atoms with Gasteiger partial charge in [-0.2, -0.15) is 18.4 Å². The van der Waals surface area contributed by atoms with Gasteiger partial charge in [0.2, 0.25) is 5.91 Å². The third kappa shape index (κ3) is 6.21. The fourth-order valence-corrected chi connectivity index (χ4v) is 5.29. The highest BCUT2D eigenvalue weighted by molar-refractivity contribution is 5.84. The van der Waals surface area contributed by atoms with Crippen LogP contribution in [0.25, 0.3) is 22.3 Å². The first-order chi connectivity index (χ1) is 19.2. The van der Waals surface area contributed by atoms with Crippen molar-refractivity contribution in [2.24, 2.45) is 7.05 Å². The van der Waals surface area contributed by atoms with Crippen LogP contribution < -0.4 is 4.74 Å². The molecule has 0 unspecified atom stereocenters. The largest absolute Gasteiger partial charge is 0.493 e. The topological polar surface area (TPSA) is 90.5 Å². The number of carbonyl (C=O) groups excluding carboxylic acids is 1. The smallest absolute Gasteiger partial charge is 0.419 e. The summed E-state index contributed by atoms with van der Waals surface area (Å²) in [6.07, 6.45) is -0.345. The average Bonchev–Trinajstić information content (AvgIpc) is 3.62. The summed E-state index contributed by atoms with van der Waals surface area (Å²) < 4.78 is 49.2. The molecule has 2 aromatic heterocycles. The van der Waals surface area contributed by atoms with Gasteiger partial charge in [-0.1, -0.05) is 0 Å². The molecule has 0 bridgehead atoms. The molecule has 1 amide bonds. The minimum atomic E-state index is -4.62. The molecule has 3 aromatic rings. The number of alkyl halides is 3. The molecule has 9 nitrogen and oxygen atoms in total. The van der Waals surface area contributed by atoms with Crippen molar-refractivity contribution >= 4 is 16.9 Å². The van der Waals surface area contributed by atoms with Gasteiger partial charge in [0, 0.05) is 58.4 Å². The molecule has 2 aliphatic heterocycles. The summed E-state index contributed by atoms with van der Waals surface area (Å²) in [4.78, 5) is 27.1. The second-order valence-electron chi connectivity index (χ2n) is 10.3. The zero-order valence-electron chi connectivity index (χ0n) is 22.5. The predicted molar refractivity (Wildman–Crippen MR) is 142 cm³/mol. The lowest BCUT2D eigenvalue weighted by molar-refractivity contribution is -0.139. The molecule has 0 N–H and O–H groups in total. The van der Waals surface area contributed by atoms with Crippen molar-refractivity contribution in [3.05, 3.63) is 41.9 Å². The molecule has 5 rings (SSSR count). The lowest BCUT2D eigenvalue weighted by atomic mass is 10.1. The summed E-state index contributed by atoms with van der Waals surface area (Å²) in [5, 5.41) is 9.46. The molecule has 0 spiro atoms. The minimum absolute atomic E-state index is 0.0565. The first-order valence-electron chi connectivity index (χ1n) is 13.5. The maximum atomic E-state index is 14.0. The van der Waals surface area contributed by atoms with E-state index in [9.17, 15) is 23.2 Å². The normalized spacial score (nSPS) is 16.9. The van der Waals surface area contributed by atoms with Crippen LogP contribution in [-0.2, 0) is 18.0 Å². The molecule has 2 aliphatic rings. The van der Waals surface area contributed by atoms with Crippen LogP contribution in [0.15, 0.2) is 30.6 Å². The second-order valence-corrected chi connectivity index (χ2v) is 10.3. The molecule has 2 fully saturated rings. The van der Waals surface area contributed by atoms with Gasteiger partial charge in [-0.05, 0) is 43.5 Å². The fourth-order valence-electron chi connectivity index (χ4n) is 5.29. The summed E-state index contributed by atoms with van der Waals surface area (Å²) >= 11 is 0. The highest BCUT2D eigenvalue weighted by Gasteiger charge is 2.35. The maximum absolute atomic E-state index is 14.0. The van der Waals surface area contributed by atoms with E-state index in [0.717, 1.165) is 58.2 Å². The van der Waals surface area contributed by atoms with Crippen molar-refractivity contribution in [2.75, 3.05) is 59.0 Å². The number of nitriles is 1. The summed E-state index contributed by atoms with van der Waals surface area (Å²) in [6, 6.07) is 7.46. The number of pyridine rings is 1. The van der Waals surface area contributed by atoms with E-state index in [-0.39, 0.29) is 35.2 Å². The molecule has 212 valence electrons. The number of likely N-dealkylation sites (tertiary alicyclic amines) is 1. The number of imidazole rings is 1. The number of fused-ring (bicyclic) bond motifs is 1. The SMILES string of the molecule is Cn1cnc2c(C#N)nc(-c3ccc(OCCCN4CCN(CC(=O)N5CCCC5)CC4)c(C(F)(F)F)c3)cc21. The van der Waals surface area contributed by atoms with E-state index < -0.39 is 11.7 Å². The molecular formula is C28H32F3N7O2. The summed E-state index contributed by atoms with van der Waals surface area (Å²) in [7, 11) is 1.74. The number of benzene rings is 1. The van der Waals surface area contributed by atoms with Crippen LogP contribution in [0.2, 0.25) is 0 Å². The van der Waals surface area contributed by atoms with E-state index in [1.165, 1.54) is 18.5 Å². The molecule has 12 heteroatoms. The van der Waals surface area contributed by atoms with Crippen molar-refractivity contribution < 1.29 is 22.7 Å². The summed E-state index contributed by atoms with van der Waals surface area (Å²) in [5.74, 6) is -0.0340. The average molecular weight is 556 g/mol. The standard InChI is InChI=1S/C28H32F3N7O2/c1-35-19-33-27-23(17-32)34-22(16-24(27)35)20-5-6-25(21(15-20)28(29,30)31)40-14-4-7-36-10-12-37(13-11-36)18-26(39)38-8-2-3-9-38/h5-6,15-16,19H,2-4,7-14,18H2,1H3. The number of rotatable bonds is 8. The van der Waals surface area contributed by atoms with Crippen LogP contribution in [-0.4, -0.2) is 94.1 Å². The van der Waals surface area contributed by atoms with Crippen LogP contribution in [0.1, 0.15) is 30.5 Å². The van der Waals surface area contributed by atoms with Gasteiger partial charge in [0.1, 0.15) is 17.3 Å². The monoisotopic (exact) mass is 555 g/mol. The first kappa shape index (κ1) is 27.9. The highest BCUT2D eigenvalue weighted by atomic mass is 19.4. The Morgan fingerprint density at radius 1 is 1.07 bits per heavy atom. The number of nitrogens with zero attached hydrogens (tertiary/aromatic N) is 7. The number of amides is 1. The van der Waals surface area contributed by atoms with Crippen LogP contribution >= 0.6 is 0 Å². The van der Waals surface area contributed by atoms with Gasteiger partial charge >= 0.3 is 6.18 Å². The number of hydrogen-bond acceptors (Lipinski definition) is 7.